The molecule has 30 heavy (non-hydrogen) atoms. The quantitative estimate of drug-likeness (QED) is 0.251. The number of nitrogens with zero attached hydrogens (tertiary/aromatic N) is 2. The van der Waals surface area contributed by atoms with Crippen LogP contribution in [0.5, 0.6) is 0 Å². The minimum Gasteiger partial charge on any atom is -0.245 e. The van der Waals surface area contributed by atoms with E-state index in [0.717, 1.165) is 32.1 Å². The largest absolute Gasteiger partial charge is 0.245 e. The van der Waals surface area contributed by atoms with Crippen LogP contribution in [-0.2, 0) is 5.54 Å². The van der Waals surface area contributed by atoms with Crippen molar-refractivity contribution in [2.45, 2.75) is 5.54 Å². The van der Waals surface area contributed by atoms with Gasteiger partial charge in [-0.25, -0.2) is 4.68 Å². The van der Waals surface area contributed by atoms with E-state index in [9.17, 15) is 0 Å². The summed E-state index contributed by atoms with van der Waals surface area (Å²) in [6, 6.07) is 35.4. The van der Waals surface area contributed by atoms with E-state index in [-0.39, 0.29) is 0 Å². The first-order valence-corrected chi connectivity index (χ1v) is 10.9. The van der Waals surface area contributed by atoms with E-state index in [1.54, 1.807) is 0 Å². The molecule has 0 fully saturated rings. The summed E-state index contributed by atoms with van der Waals surface area (Å²) in [5.41, 5.74) is 3.69. The minimum absolute atomic E-state index is 0.657. The van der Waals surface area contributed by atoms with Crippen LogP contribution in [0.2, 0.25) is 5.02 Å². The Kier molecular flexibility index (Phi) is 4.93. The van der Waals surface area contributed by atoms with Crippen LogP contribution in [0.25, 0.3) is 10.9 Å². The Hall–Kier alpha value is -2.88. The molecular weight excluding hydrogens is 456 g/mol. The molecule has 0 aliphatic rings. The maximum Gasteiger partial charge on any atom is 0.138 e. The topological polar surface area (TPSA) is 17.8 Å². The Morgan fingerprint density at radius 3 is 1.63 bits per heavy atom. The van der Waals surface area contributed by atoms with E-state index in [1.807, 2.05) is 36.5 Å². The third kappa shape index (κ3) is 2.97. The predicted octanol–water partition coefficient (Wildman–Crippen LogP) is 7.29. The van der Waals surface area contributed by atoms with Gasteiger partial charge in [0.1, 0.15) is 5.54 Å². The summed E-state index contributed by atoms with van der Waals surface area (Å²) < 4.78 is 3.03. The van der Waals surface area contributed by atoms with Gasteiger partial charge in [-0.1, -0.05) is 103 Å². The summed E-state index contributed by atoms with van der Waals surface area (Å²) >= 11 is 10.1. The molecule has 0 saturated carbocycles. The number of aromatic nitrogens is 2. The third-order valence-electron chi connectivity index (χ3n) is 5.50. The van der Waals surface area contributed by atoms with Crippen molar-refractivity contribution < 1.29 is 0 Å². The second kappa shape index (κ2) is 7.75. The van der Waals surface area contributed by atoms with Crippen LogP contribution in [-0.4, -0.2) is 9.78 Å². The maximum absolute atomic E-state index is 6.47. The fourth-order valence-electron chi connectivity index (χ4n) is 4.22. The molecule has 0 bridgehead atoms. The van der Waals surface area contributed by atoms with Crippen molar-refractivity contribution >= 4 is 38.4 Å². The molecule has 5 rings (SSSR count). The van der Waals surface area contributed by atoms with E-state index in [1.165, 1.54) is 0 Å². The molecule has 2 nitrogen and oxygen atoms in total. The smallest absolute Gasteiger partial charge is 0.138 e. The van der Waals surface area contributed by atoms with Crippen molar-refractivity contribution in [3.05, 3.63) is 136 Å². The second-order valence-electron chi connectivity index (χ2n) is 7.19. The van der Waals surface area contributed by atoms with Gasteiger partial charge >= 0.3 is 0 Å². The SMILES string of the molecule is Clc1cc(Br)c2cnn(C(c3ccccc3)(c3ccccc3)c3ccccc3)c2c1. The lowest BCUT2D eigenvalue weighted by Gasteiger charge is -2.37. The minimum atomic E-state index is -0.657. The summed E-state index contributed by atoms with van der Waals surface area (Å²) in [5.74, 6) is 0. The first kappa shape index (κ1) is 19.1. The molecule has 0 aliphatic heterocycles. The van der Waals surface area contributed by atoms with Crippen molar-refractivity contribution in [1.29, 1.82) is 0 Å². The lowest BCUT2D eigenvalue weighted by Crippen LogP contribution is -2.38. The van der Waals surface area contributed by atoms with Crippen LogP contribution in [0.3, 0.4) is 0 Å². The average molecular weight is 474 g/mol. The van der Waals surface area contributed by atoms with Crippen molar-refractivity contribution in [3.8, 4) is 0 Å². The Bertz CT molecular complexity index is 1200. The van der Waals surface area contributed by atoms with Crippen LogP contribution >= 0.6 is 27.5 Å². The lowest BCUT2D eigenvalue weighted by molar-refractivity contribution is 0.476. The fourth-order valence-corrected chi connectivity index (χ4v) is 5.12. The van der Waals surface area contributed by atoms with E-state index in [4.69, 9.17) is 16.7 Å². The molecule has 0 amide bonds. The van der Waals surface area contributed by atoms with E-state index >= 15 is 0 Å². The molecule has 0 unspecified atom stereocenters. The fraction of sp³-hybridized carbons (Fsp3) is 0.0385. The van der Waals surface area contributed by atoms with Gasteiger partial charge in [0.25, 0.3) is 0 Å². The molecule has 0 radical (unpaired) electrons. The van der Waals surface area contributed by atoms with Crippen molar-refractivity contribution in [3.63, 3.8) is 0 Å². The van der Waals surface area contributed by atoms with Gasteiger partial charge in [-0.15, -0.1) is 0 Å². The molecule has 1 heterocycles. The number of halogens is 2. The standard InChI is InChI=1S/C26H18BrClN2/c27-24-16-22(28)17-25-23(24)18-29-30(25)26(19-10-4-1-5-11-19,20-12-6-2-7-13-20)21-14-8-3-9-15-21/h1-18H. The van der Waals surface area contributed by atoms with Gasteiger partial charge in [0.2, 0.25) is 0 Å². The highest BCUT2D eigenvalue weighted by molar-refractivity contribution is 9.10. The summed E-state index contributed by atoms with van der Waals surface area (Å²) in [4.78, 5) is 0. The number of hydrogen-bond donors (Lipinski definition) is 0. The summed E-state index contributed by atoms with van der Waals surface area (Å²) in [5, 5.41) is 6.61. The van der Waals surface area contributed by atoms with Gasteiger partial charge in [-0.05, 0) is 44.8 Å². The maximum atomic E-state index is 6.47. The van der Waals surface area contributed by atoms with Gasteiger partial charge in [0, 0.05) is 14.9 Å². The van der Waals surface area contributed by atoms with Gasteiger partial charge in [-0.3, -0.25) is 0 Å². The molecule has 0 saturated heterocycles. The molecule has 146 valence electrons. The summed E-state index contributed by atoms with van der Waals surface area (Å²) in [6.45, 7) is 0. The third-order valence-corrected chi connectivity index (χ3v) is 6.37. The molecule has 0 spiro atoms. The summed E-state index contributed by atoms with van der Waals surface area (Å²) in [6.07, 6.45) is 1.90. The van der Waals surface area contributed by atoms with Crippen LogP contribution < -0.4 is 0 Å². The Morgan fingerprint density at radius 2 is 1.17 bits per heavy atom. The highest BCUT2D eigenvalue weighted by Gasteiger charge is 2.40. The number of rotatable bonds is 4. The van der Waals surface area contributed by atoms with Crippen LogP contribution in [0.15, 0.2) is 114 Å². The van der Waals surface area contributed by atoms with Gasteiger partial charge < -0.3 is 0 Å². The van der Waals surface area contributed by atoms with E-state index < -0.39 is 5.54 Å². The molecule has 4 aromatic carbocycles. The molecule has 0 N–H and O–H groups in total. The van der Waals surface area contributed by atoms with Crippen molar-refractivity contribution in [1.82, 2.24) is 9.78 Å². The van der Waals surface area contributed by atoms with Crippen LogP contribution in [0, 0.1) is 0 Å². The van der Waals surface area contributed by atoms with E-state index in [0.29, 0.717) is 5.02 Å². The van der Waals surface area contributed by atoms with Gasteiger partial charge in [0.15, 0.2) is 0 Å². The molecule has 5 aromatic rings. The van der Waals surface area contributed by atoms with E-state index in [2.05, 4.69) is 93.4 Å². The van der Waals surface area contributed by atoms with Gasteiger partial charge in [0.05, 0.1) is 11.7 Å². The van der Waals surface area contributed by atoms with Crippen molar-refractivity contribution in [2.24, 2.45) is 0 Å². The predicted molar refractivity (Wildman–Crippen MR) is 127 cm³/mol. The molecular formula is C26H18BrClN2. The number of benzene rings is 4. The zero-order chi connectivity index (χ0) is 20.6. The first-order chi connectivity index (χ1) is 14.7. The highest BCUT2D eigenvalue weighted by Crippen LogP contribution is 2.43. The Morgan fingerprint density at radius 1 is 0.700 bits per heavy atom. The molecule has 0 atom stereocenters. The second-order valence-corrected chi connectivity index (χ2v) is 8.48. The zero-order valence-electron chi connectivity index (χ0n) is 16.0. The normalized spacial score (nSPS) is 11.7. The molecule has 4 heteroatoms. The Labute approximate surface area is 188 Å². The molecule has 0 aliphatic carbocycles. The van der Waals surface area contributed by atoms with Crippen LogP contribution in [0.4, 0.5) is 0 Å². The monoisotopic (exact) mass is 472 g/mol. The number of hydrogen-bond acceptors (Lipinski definition) is 1. The van der Waals surface area contributed by atoms with Gasteiger partial charge in [-0.2, -0.15) is 5.10 Å². The van der Waals surface area contributed by atoms with Crippen molar-refractivity contribution in [2.75, 3.05) is 0 Å². The van der Waals surface area contributed by atoms with Crippen LogP contribution in [0.1, 0.15) is 16.7 Å². The summed E-state index contributed by atoms with van der Waals surface area (Å²) in [7, 11) is 0. The lowest BCUT2D eigenvalue weighted by atomic mass is 9.77. The highest BCUT2D eigenvalue weighted by atomic mass is 79.9. The average Bonchev–Trinajstić information content (AvgIpc) is 3.21. The number of fused-ring (bicyclic) bond motifs is 1. The zero-order valence-corrected chi connectivity index (χ0v) is 18.4. The first-order valence-electron chi connectivity index (χ1n) is 9.71. The molecule has 1 aromatic heterocycles. The Balaban J connectivity index is 1.98.